The second-order valence-electron chi connectivity index (χ2n) is 5.53. The lowest BCUT2D eigenvalue weighted by Crippen LogP contribution is -2.25. The predicted octanol–water partition coefficient (Wildman–Crippen LogP) is 2.61. The zero-order valence-corrected chi connectivity index (χ0v) is 12.9. The van der Waals surface area contributed by atoms with Gasteiger partial charge in [0, 0.05) is 23.1 Å². The molecule has 2 aromatic rings. The molecule has 1 atom stereocenters. The Bertz CT molecular complexity index is 650. The van der Waals surface area contributed by atoms with Crippen molar-refractivity contribution in [1.29, 1.82) is 0 Å². The van der Waals surface area contributed by atoms with E-state index in [1.165, 1.54) is 0 Å². The van der Waals surface area contributed by atoms with Crippen LogP contribution in [0.25, 0.3) is 11.3 Å². The smallest absolute Gasteiger partial charge is 0.220 e. The molecule has 6 heteroatoms. The van der Waals surface area contributed by atoms with Crippen LogP contribution in [0.2, 0.25) is 5.02 Å². The van der Waals surface area contributed by atoms with Gasteiger partial charge in [-0.25, -0.2) is 0 Å². The van der Waals surface area contributed by atoms with E-state index < -0.39 is 0 Å². The van der Waals surface area contributed by atoms with Gasteiger partial charge in [0.05, 0.1) is 6.54 Å². The molecular formula is C16H18ClN3O2. The molecule has 1 amide bonds. The highest BCUT2D eigenvalue weighted by atomic mass is 35.5. The van der Waals surface area contributed by atoms with Crippen LogP contribution < -0.4 is 10.6 Å². The van der Waals surface area contributed by atoms with Gasteiger partial charge in [-0.15, -0.1) is 0 Å². The maximum absolute atomic E-state index is 11.9. The van der Waals surface area contributed by atoms with Crippen molar-refractivity contribution in [2.45, 2.75) is 19.4 Å². The van der Waals surface area contributed by atoms with Crippen molar-refractivity contribution >= 4 is 17.5 Å². The Kier molecular flexibility index (Phi) is 4.75. The molecule has 2 N–H and O–H groups in total. The van der Waals surface area contributed by atoms with Crippen LogP contribution >= 0.6 is 11.6 Å². The molecule has 0 radical (unpaired) electrons. The molecule has 3 rings (SSSR count). The largest absolute Gasteiger partial charge is 0.359 e. The molecule has 0 saturated carbocycles. The highest BCUT2D eigenvalue weighted by Crippen LogP contribution is 2.22. The van der Waals surface area contributed by atoms with Gasteiger partial charge in [-0.05, 0) is 37.6 Å². The Labute approximate surface area is 134 Å². The SMILES string of the molecule is O=C(C[C@@H]1CCNC1)NCc1cc(-c2cccc(Cl)c2)no1. The van der Waals surface area contributed by atoms with Gasteiger partial charge < -0.3 is 15.2 Å². The monoisotopic (exact) mass is 319 g/mol. The van der Waals surface area contributed by atoms with Gasteiger partial charge in [-0.3, -0.25) is 4.79 Å². The zero-order chi connectivity index (χ0) is 15.4. The van der Waals surface area contributed by atoms with Crippen LogP contribution in [0.1, 0.15) is 18.6 Å². The molecule has 22 heavy (non-hydrogen) atoms. The highest BCUT2D eigenvalue weighted by molar-refractivity contribution is 6.30. The number of hydrogen-bond acceptors (Lipinski definition) is 4. The third-order valence-electron chi connectivity index (χ3n) is 3.78. The third kappa shape index (κ3) is 3.87. The standard InChI is InChI=1S/C16H18ClN3O2/c17-13-3-1-2-12(7-13)15-8-14(22-20-15)10-19-16(21)6-11-4-5-18-9-11/h1-3,7-8,11,18H,4-6,9-10H2,(H,19,21)/t11-/m0/s1. The van der Waals surface area contributed by atoms with Crippen molar-refractivity contribution in [2.24, 2.45) is 5.92 Å². The third-order valence-corrected chi connectivity index (χ3v) is 4.01. The van der Waals surface area contributed by atoms with Crippen LogP contribution in [0.5, 0.6) is 0 Å². The number of benzene rings is 1. The summed E-state index contributed by atoms with van der Waals surface area (Å²) in [4.78, 5) is 11.9. The Balaban J connectivity index is 1.54. The van der Waals surface area contributed by atoms with Crippen LogP contribution in [0.4, 0.5) is 0 Å². The first-order valence-corrected chi connectivity index (χ1v) is 7.77. The number of halogens is 1. The maximum Gasteiger partial charge on any atom is 0.220 e. The Hall–Kier alpha value is -1.85. The van der Waals surface area contributed by atoms with Crippen molar-refractivity contribution < 1.29 is 9.32 Å². The fourth-order valence-electron chi connectivity index (χ4n) is 2.59. The van der Waals surface area contributed by atoms with Crippen LogP contribution in [0.3, 0.4) is 0 Å². The van der Waals surface area contributed by atoms with Crippen molar-refractivity contribution in [2.75, 3.05) is 13.1 Å². The first-order valence-electron chi connectivity index (χ1n) is 7.39. The van der Waals surface area contributed by atoms with E-state index in [1.54, 1.807) is 0 Å². The molecule has 1 aliphatic rings. The first kappa shape index (κ1) is 15.1. The van der Waals surface area contributed by atoms with E-state index in [2.05, 4.69) is 15.8 Å². The fourth-order valence-corrected chi connectivity index (χ4v) is 2.78. The Morgan fingerprint density at radius 1 is 1.45 bits per heavy atom. The van der Waals surface area contributed by atoms with E-state index in [4.69, 9.17) is 16.1 Å². The van der Waals surface area contributed by atoms with E-state index >= 15 is 0 Å². The molecule has 1 saturated heterocycles. The van der Waals surface area contributed by atoms with Crippen LogP contribution in [-0.2, 0) is 11.3 Å². The van der Waals surface area contributed by atoms with Gasteiger partial charge in [0.2, 0.25) is 5.91 Å². The summed E-state index contributed by atoms with van der Waals surface area (Å²) in [7, 11) is 0. The van der Waals surface area contributed by atoms with Crippen molar-refractivity contribution in [1.82, 2.24) is 15.8 Å². The molecule has 1 aromatic heterocycles. The van der Waals surface area contributed by atoms with Crippen LogP contribution in [0.15, 0.2) is 34.9 Å². The van der Waals surface area contributed by atoms with E-state index in [1.807, 2.05) is 30.3 Å². The minimum atomic E-state index is 0.0504. The number of carbonyl (C=O) groups is 1. The summed E-state index contributed by atoms with van der Waals surface area (Å²) in [5.41, 5.74) is 1.61. The molecule has 1 fully saturated rings. The Morgan fingerprint density at radius 3 is 3.14 bits per heavy atom. The number of rotatable bonds is 5. The number of nitrogens with zero attached hydrogens (tertiary/aromatic N) is 1. The summed E-state index contributed by atoms with van der Waals surface area (Å²) >= 11 is 5.96. The van der Waals surface area contributed by atoms with Gasteiger partial charge in [-0.2, -0.15) is 0 Å². The number of aromatic nitrogens is 1. The topological polar surface area (TPSA) is 67.2 Å². The van der Waals surface area contributed by atoms with E-state index in [0.29, 0.717) is 35.4 Å². The number of nitrogens with one attached hydrogen (secondary N) is 2. The van der Waals surface area contributed by atoms with Gasteiger partial charge >= 0.3 is 0 Å². The summed E-state index contributed by atoms with van der Waals surface area (Å²) in [5, 5.41) is 10.8. The van der Waals surface area contributed by atoms with Crippen molar-refractivity contribution in [3.05, 3.63) is 41.1 Å². The first-order chi connectivity index (χ1) is 10.7. The zero-order valence-electron chi connectivity index (χ0n) is 12.1. The quantitative estimate of drug-likeness (QED) is 0.889. The second-order valence-corrected chi connectivity index (χ2v) is 5.96. The van der Waals surface area contributed by atoms with Gasteiger partial charge in [0.15, 0.2) is 5.76 Å². The van der Waals surface area contributed by atoms with Crippen molar-refractivity contribution in [3.63, 3.8) is 0 Å². The van der Waals surface area contributed by atoms with Crippen molar-refractivity contribution in [3.8, 4) is 11.3 Å². The highest BCUT2D eigenvalue weighted by Gasteiger charge is 2.18. The lowest BCUT2D eigenvalue weighted by Gasteiger charge is -2.07. The molecule has 116 valence electrons. The maximum atomic E-state index is 11.9. The molecule has 0 spiro atoms. The second kappa shape index (κ2) is 6.94. The molecule has 0 bridgehead atoms. The van der Waals surface area contributed by atoms with Crippen LogP contribution in [-0.4, -0.2) is 24.2 Å². The molecular weight excluding hydrogens is 302 g/mol. The normalized spacial score (nSPS) is 17.6. The number of amides is 1. The summed E-state index contributed by atoms with van der Waals surface area (Å²) in [6.45, 7) is 2.28. The average molecular weight is 320 g/mol. The lowest BCUT2D eigenvalue weighted by atomic mass is 10.0. The van der Waals surface area contributed by atoms with E-state index in [9.17, 15) is 4.79 Å². The molecule has 5 nitrogen and oxygen atoms in total. The van der Waals surface area contributed by atoms with Gasteiger partial charge in [0.25, 0.3) is 0 Å². The summed E-state index contributed by atoms with van der Waals surface area (Å²) in [5.74, 6) is 1.12. The minimum Gasteiger partial charge on any atom is -0.359 e. The van der Waals surface area contributed by atoms with Gasteiger partial charge in [-0.1, -0.05) is 28.9 Å². The predicted molar refractivity (Wildman–Crippen MR) is 84.4 cm³/mol. The molecule has 2 heterocycles. The summed E-state index contributed by atoms with van der Waals surface area (Å²) in [6, 6.07) is 9.24. The number of carbonyl (C=O) groups excluding carboxylic acids is 1. The fraction of sp³-hybridized carbons (Fsp3) is 0.375. The summed E-state index contributed by atoms with van der Waals surface area (Å²) in [6.07, 6.45) is 1.62. The molecule has 0 aliphatic carbocycles. The lowest BCUT2D eigenvalue weighted by molar-refractivity contribution is -0.122. The minimum absolute atomic E-state index is 0.0504. The van der Waals surface area contributed by atoms with E-state index in [0.717, 1.165) is 25.1 Å². The van der Waals surface area contributed by atoms with Crippen LogP contribution in [0, 0.1) is 5.92 Å². The molecule has 0 unspecified atom stereocenters. The summed E-state index contributed by atoms with van der Waals surface area (Å²) < 4.78 is 5.26. The average Bonchev–Trinajstić information content (AvgIpc) is 3.16. The Morgan fingerprint density at radius 2 is 2.36 bits per heavy atom. The number of hydrogen-bond donors (Lipinski definition) is 2. The van der Waals surface area contributed by atoms with Gasteiger partial charge in [0.1, 0.15) is 5.69 Å². The molecule has 1 aromatic carbocycles. The molecule has 1 aliphatic heterocycles. The van der Waals surface area contributed by atoms with E-state index in [-0.39, 0.29) is 5.91 Å².